The molecule has 4 N–H and O–H groups in total. The summed E-state index contributed by atoms with van der Waals surface area (Å²) in [6.45, 7) is 0. The fraction of sp³-hybridized carbons (Fsp3) is 0.125. The molecule has 2 aromatic carbocycles. The van der Waals surface area contributed by atoms with Crippen molar-refractivity contribution in [3.63, 3.8) is 0 Å². The first-order valence-corrected chi connectivity index (χ1v) is 6.44. The van der Waals surface area contributed by atoms with Crippen molar-refractivity contribution in [3.05, 3.63) is 47.5 Å². The predicted octanol–water partition coefficient (Wildman–Crippen LogP) is 2.09. The van der Waals surface area contributed by atoms with Gasteiger partial charge in [-0.3, -0.25) is 0 Å². The van der Waals surface area contributed by atoms with Gasteiger partial charge in [-0.15, -0.1) is 0 Å². The van der Waals surface area contributed by atoms with Gasteiger partial charge in [0.15, 0.2) is 0 Å². The van der Waals surface area contributed by atoms with Crippen LogP contribution in [0.4, 0.5) is 11.4 Å². The van der Waals surface area contributed by atoms with Crippen LogP contribution in [0.3, 0.4) is 0 Å². The number of benzene rings is 2. The molecule has 0 unspecified atom stereocenters. The summed E-state index contributed by atoms with van der Waals surface area (Å²) in [5.74, 6) is -1.37. The summed E-state index contributed by atoms with van der Waals surface area (Å²) >= 11 is 0. The first-order chi connectivity index (χ1) is 10.5. The molecule has 0 saturated carbocycles. The van der Waals surface area contributed by atoms with Crippen molar-refractivity contribution in [2.45, 2.75) is 0 Å². The van der Waals surface area contributed by atoms with Crippen molar-refractivity contribution in [2.75, 3.05) is 25.7 Å². The Kier molecular flexibility index (Phi) is 4.31. The molecule has 0 aromatic heterocycles. The Hall–Kier alpha value is -3.02. The van der Waals surface area contributed by atoms with Gasteiger partial charge in [0.2, 0.25) is 0 Å². The molecule has 0 aliphatic carbocycles. The monoisotopic (exact) mass is 300 g/mol. The minimum absolute atomic E-state index is 0.0105. The Morgan fingerprint density at radius 2 is 1.36 bits per heavy atom. The number of nitrogens with two attached hydrogens (primary N) is 2. The molecule has 0 fully saturated rings. The maximum Gasteiger partial charge on any atom is 0.340 e. The Morgan fingerprint density at radius 1 is 0.818 bits per heavy atom. The minimum atomic E-state index is -0.699. The van der Waals surface area contributed by atoms with Crippen molar-refractivity contribution >= 4 is 23.3 Å². The first kappa shape index (κ1) is 15.4. The van der Waals surface area contributed by atoms with E-state index in [1.807, 2.05) is 0 Å². The second-order valence-electron chi connectivity index (χ2n) is 4.56. The molecule has 0 bridgehead atoms. The lowest BCUT2D eigenvalue weighted by atomic mass is 9.94. The average Bonchev–Trinajstić information content (AvgIpc) is 2.54. The summed E-state index contributed by atoms with van der Waals surface area (Å²) < 4.78 is 9.50. The van der Waals surface area contributed by atoms with Crippen LogP contribution >= 0.6 is 0 Å². The molecule has 0 aliphatic heterocycles. The van der Waals surface area contributed by atoms with Crippen LogP contribution in [0.25, 0.3) is 11.1 Å². The molecular weight excluding hydrogens is 284 g/mol. The molecule has 114 valence electrons. The topological polar surface area (TPSA) is 105 Å². The third kappa shape index (κ3) is 2.71. The van der Waals surface area contributed by atoms with E-state index in [2.05, 4.69) is 0 Å². The molecule has 6 nitrogen and oxygen atoms in total. The van der Waals surface area contributed by atoms with Crippen LogP contribution < -0.4 is 11.5 Å². The largest absolute Gasteiger partial charge is 0.465 e. The zero-order chi connectivity index (χ0) is 16.3. The smallest absolute Gasteiger partial charge is 0.340 e. The molecule has 0 atom stereocenters. The fourth-order valence-electron chi connectivity index (χ4n) is 2.16. The Balaban J connectivity index is 2.76. The quantitative estimate of drug-likeness (QED) is 0.664. The van der Waals surface area contributed by atoms with Crippen LogP contribution in [0.2, 0.25) is 0 Å². The number of esters is 2. The van der Waals surface area contributed by atoms with Gasteiger partial charge >= 0.3 is 11.9 Å². The highest BCUT2D eigenvalue weighted by Crippen LogP contribution is 2.31. The predicted molar refractivity (Wildman–Crippen MR) is 83.4 cm³/mol. The number of anilines is 2. The molecule has 0 heterocycles. The van der Waals surface area contributed by atoms with Gasteiger partial charge in [-0.2, -0.15) is 0 Å². The van der Waals surface area contributed by atoms with Crippen LogP contribution in [0.1, 0.15) is 20.7 Å². The number of carbonyl (C=O) groups is 2. The number of hydrogen-bond acceptors (Lipinski definition) is 6. The van der Waals surface area contributed by atoms with Crippen LogP contribution in [0.5, 0.6) is 0 Å². The van der Waals surface area contributed by atoms with Crippen LogP contribution in [-0.4, -0.2) is 26.2 Å². The number of ether oxygens (including phenoxy) is 2. The van der Waals surface area contributed by atoms with Gasteiger partial charge in [0.1, 0.15) is 0 Å². The second kappa shape index (κ2) is 6.17. The number of carbonyl (C=O) groups excluding carboxylic acids is 2. The highest BCUT2D eigenvalue weighted by molar-refractivity contribution is 6.11. The lowest BCUT2D eigenvalue weighted by Gasteiger charge is -2.14. The van der Waals surface area contributed by atoms with Gasteiger partial charge in [0.25, 0.3) is 0 Å². The third-order valence-corrected chi connectivity index (χ3v) is 3.24. The number of methoxy groups -OCH3 is 2. The SMILES string of the molecule is COC(=O)c1c(N)ccc(-c2ccc(N)cc2)c1C(=O)OC. The Labute approximate surface area is 127 Å². The molecule has 2 aromatic rings. The third-order valence-electron chi connectivity index (χ3n) is 3.24. The lowest BCUT2D eigenvalue weighted by molar-refractivity contribution is 0.0557. The summed E-state index contributed by atoms with van der Waals surface area (Å²) in [6.07, 6.45) is 0. The number of rotatable bonds is 3. The van der Waals surface area contributed by atoms with Gasteiger partial charge in [-0.1, -0.05) is 18.2 Å². The van der Waals surface area contributed by atoms with E-state index in [4.69, 9.17) is 20.9 Å². The molecule has 0 radical (unpaired) electrons. The maximum atomic E-state index is 12.2. The number of nitrogen functional groups attached to an aromatic ring is 2. The van der Waals surface area contributed by atoms with Crippen molar-refractivity contribution in [1.82, 2.24) is 0 Å². The molecular formula is C16H16N2O4. The molecule has 0 spiro atoms. The van der Waals surface area contributed by atoms with E-state index in [1.54, 1.807) is 36.4 Å². The van der Waals surface area contributed by atoms with Gasteiger partial charge in [0, 0.05) is 11.4 Å². The maximum absolute atomic E-state index is 12.2. The standard InChI is InChI=1S/C16H16N2O4/c1-21-15(19)13-11(9-3-5-10(17)6-4-9)7-8-12(18)14(13)16(20)22-2/h3-8H,17-18H2,1-2H3. The fourth-order valence-corrected chi connectivity index (χ4v) is 2.16. The van der Waals surface area contributed by atoms with Crippen molar-refractivity contribution in [1.29, 1.82) is 0 Å². The van der Waals surface area contributed by atoms with E-state index in [0.29, 0.717) is 16.8 Å². The second-order valence-corrected chi connectivity index (χ2v) is 4.56. The average molecular weight is 300 g/mol. The van der Waals surface area contributed by atoms with Crippen LogP contribution in [0, 0.1) is 0 Å². The summed E-state index contributed by atoms with van der Waals surface area (Å²) in [5, 5.41) is 0. The minimum Gasteiger partial charge on any atom is -0.465 e. The molecule has 0 saturated heterocycles. The van der Waals surface area contributed by atoms with E-state index >= 15 is 0 Å². The van der Waals surface area contributed by atoms with Gasteiger partial charge in [-0.25, -0.2) is 9.59 Å². The Bertz CT molecular complexity index is 724. The highest BCUT2D eigenvalue weighted by Gasteiger charge is 2.25. The first-order valence-electron chi connectivity index (χ1n) is 6.44. The Morgan fingerprint density at radius 3 is 1.91 bits per heavy atom. The highest BCUT2D eigenvalue weighted by atomic mass is 16.5. The van der Waals surface area contributed by atoms with Crippen LogP contribution in [-0.2, 0) is 9.47 Å². The normalized spacial score (nSPS) is 10.1. The van der Waals surface area contributed by atoms with Crippen molar-refractivity contribution in [2.24, 2.45) is 0 Å². The summed E-state index contributed by atoms with van der Waals surface area (Å²) in [4.78, 5) is 24.1. The molecule has 0 aliphatic rings. The van der Waals surface area contributed by atoms with E-state index in [1.165, 1.54) is 14.2 Å². The lowest BCUT2D eigenvalue weighted by Crippen LogP contribution is -2.15. The van der Waals surface area contributed by atoms with E-state index in [9.17, 15) is 9.59 Å². The van der Waals surface area contributed by atoms with E-state index in [-0.39, 0.29) is 16.8 Å². The summed E-state index contributed by atoms with van der Waals surface area (Å²) in [7, 11) is 2.46. The summed E-state index contributed by atoms with van der Waals surface area (Å²) in [5.41, 5.74) is 13.5. The van der Waals surface area contributed by atoms with Gasteiger partial charge < -0.3 is 20.9 Å². The molecule has 22 heavy (non-hydrogen) atoms. The van der Waals surface area contributed by atoms with E-state index in [0.717, 1.165) is 0 Å². The van der Waals surface area contributed by atoms with Gasteiger partial charge in [0.05, 0.1) is 25.3 Å². The van der Waals surface area contributed by atoms with Crippen molar-refractivity contribution < 1.29 is 19.1 Å². The molecule has 2 rings (SSSR count). The molecule has 6 heteroatoms. The van der Waals surface area contributed by atoms with Gasteiger partial charge in [-0.05, 0) is 29.3 Å². The van der Waals surface area contributed by atoms with E-state index < -0.39 is 11.9 Å². The van der Waals surface area contributed by atoms with Crippen molar-refractivity contribution in [3.8, 4) is 11.1 Å². The molecule has 0 amide bonds. The zero-order valence-electron chi connectivity index (χ0n) is 12.3. The summed E-state index contributed by atoms with van der Waals surface area (Å²) in [6, 6.07) is 10.1. The zero-order valence-corrected chi connectivity index (χ0v) is 12.3. The number of hydrogen-bond donors (Lipinski definition) is 2. The van der Waals surface area contributed by atoms with Crippen LogP contribution in [0.15, 0.2) is 36.4 Å².